The fourth-order valence-electron chi connectivity index (χ4n) is 4.03. The van der Waals surface area contributed by atoms with Gasteiger partial charge in [0.05, 0.1) is 4.88 Å². The largest absolute Gasteiger partial charge is 0.337 e. The van der Waals surface area contributed by atoms with Gasteiger partial charge in [0.1, 0.15) is 17.7 Å². The number of halogens is 1. The second-order valence-electron chi connectivity index (χ2n) is 7.45. The third-order valence-electron chi connectivity index (χ3n) is 5.57. The molecule has 150 valence electrons. The Balaban J connectivity index is 1.50. The first-order valence-electron chi connectivity index (χ1n) is 9.85. The predicted molar refractivity (Wildman–Crippen MR) is 116 cm³/mol. The van der Waals surface area contributed by atoms with Crippen LogP contribution in [0, 0.1) is 5.82 Å². The topological polar surface area (TPSA) is 46.9 Å². The van der Waals surface area contributed by atoms with Gasteiger partial charge in [-0.05, 0) is 41.7 Å². The highest BCUT2D eigenvalue weighted by molar-refractivity contribution is 7.17. The summed E-state index contributed by atoms with van der Waals surface area (Å²) in [5.41, 5.74) is 4.11. The number of thiophene rings is 1. The van der Waals surface area contributed by atoms with E-state index < -0.39 is 6.04 Å². The first-order chi connectivity index (χ1) is 14.6. The highest BCUT2D eigenvalue weighted by Gasteiger charge is 2.26. The molecule has 0 bridgehead atoms. The van der Waals surface area contributed by atoms with Crippen molar-refractivity contribution in [3.63, 3.8) is 0 Å². The Bertz CT molecular complexity index is 1240. The lowest BCUT2D eigenvalue weighted by molar-refractivity contribution is 0.0944. The van der Waals surface area contributed by atoms with Crippen molar-refractivity contribution in [1.29, 1.82) is 0 Å². The van der Waals surface area contributed by atoms with Crippen molar-refractivity contribution < 1.29 is 9.18 Å². The van der Waals surface area contributed by atoms with Gasteiger partial charge in [0, 0.05) is 29.9 Å². The quantitative estimate of drug-likeness (QED) is 0.513. The van der Waals surface area contributed by atoms with E-state index in [1.54, 1.807) is 35.2 Å². The van der Waals surface area contributed by atoms with Gasteiger partial charge in [0.15, 0.2) is 0 Å². The first kappa shape index (κ1) is 18.8. The second kappa shape index (κ2) is 7.54. The van der Waals surface area contributed by atoms with Gasteiger partial charge in [-0.15, -0.1) is 11.3 Å². The fourth-order valence-corrected chi connectivity index (χ4v) is 5.21. The molecule has 0 fully saturated rings. The summed E-state index contributed by atoms with van der Waals surface area (Å²) in [5, 5.41) is 3.01. The van der Waals surface area contributed by atoms with Crippen LogP contribution in [0.4, 0.5) is 4.39 Å². The number of hydrogen-bond acceptors (Lipinski definition) is 3. The Morgan fingerprint density at radius 3 is 2.70 bits per heavy atom. The van der Waals surface area contributed by atoms with E-state index in [-0.39, 0.29) is 11.7 Å². The van der Waals surface area contributed by atoms with Crippen LogP contribution >= 0.6 is 11.3 Å². The van der Waals surface area contributed by atoms with Crippen LogP contribution in [0.5, 0.6) is 0 Å². The lowest BCUT2D eigenvalue weighted by Gasteiger charge is -2.19. The molecule has 0 saturated carbocycles. The number of imidazole rings is 1. The maximum atomic E-state index is 14.6. The highest BCUT2D eigenvalue weighted by Crippen LogP contribution is 2.39. The second-order valence-corrected chi connectivity index (χ2v) is 8.50. The van der Waals surface area contributed by atoms with Crippen LogP contribution in [0.1, 0.15) is 38.2 Å². The normalized spacial score (nSPS) is 13.4. The third-order valence-corrected chi connectivity index (χ3v) is 6.78. The molecular weight excluding hydrogens is 397 g/mol. The molecule has 4 aromatic rings. The molecule has 1 amide bonds. The fraction of sp³-hybridized carbons (Fsp3) is 0.167. The smallest absolute Gasteiger partial charge is 0.262 e. The molecule has 1 aliphatic rings. The zero-order chi connectivity index (χ0) is 20.7. The van der Waals surface area contributed by atoms with Gasteiger partial charge in [-0.25, -0.2) is 9.37 Å². The lowest BCUT2D eigenvalue weighted by atomic mass is 9.91. The van der Waals surface area contributed by atoms with E-state index >= 15 is 0 Å². The van der Waals surface area contributed by atoms with E-state index in [0.29, 0.717) is 16.3 Å². The Kier molecular flexibility index (Phi) is 4.71. The van der Waals surface area contributed by atoms with Crippen molar-refractivity contribution in [2.75, 3.05) is 0 Å². The predicted octanol–water partition coefficient (Wildman–Crippen LogP) is 4.91. The SMILES string of the molecule is Cn1ccnc1C(NC(=O)c1cc2c(s1)-c1ccccc1CC2)c1ccccc1F. The van der Waals surface area contributed by atoms with Gasteiger partial charge in [0.25, 0.3) is 5.91 Å². The molecule has 0 saturated heterocycles. The number of hydrogen-bond donors (Lipinski definition) is 1. The van der Waals surface area contributed by atoms with Gasteiger partial charge >= 0.3 is 0 Å². The monoisotopic (exact) mass is 417 g/mol. The van der Waals surface area contributed by atoms with Crippen LogP contribution in [-0.4, -0.2) is 15.5 Å². The number of carbonyl (C=O) groups is 1. The summed E-state index contributed by atoms with van der Waals surface area (Å²) in [6.07, 6.45) is 5.34. The van der Waals surface area contributed by atoms with Crippen molar-refractivity contribution in [3.05, 3.63) is 100 Å². The molecule has 0 radical (unpaired) electrons. The molecule has 30 heavy (non-hydrogen) atoms. The molecule has 2 aromatic carbocycles. The van der Waals surface area contributed by atoms with Gasteiger partial charge in [-0.2, -0.15) is 0 Å². The van der Waals surface area contributed by atoms with Crippen LogP contribution in [0.15, 0.2) is 67.0 Å². The van der Waals surface area contributed by atoms with E-state index in [4.69, 9.17) is 0 Å². The van der Waals surface area contributed by atoms with Gasteiger partial charge in [-0.1, -0.05) is 42.5 Å². The number of nitrogens with one attached hydrogen (secondary N) is 1. The summed E-state index contributed by atoms with van der Waals surface area (Å²) in [5.74, 6) is -0.00606. The van der Waals surface area contributed by atoms with E-state index in [9.17, 15) is 9.18 Å². The molecule has 0 spiro atoms. The van der Waals surface area contributed by atoms with Gasteiger partial charge in [0.2, 0.25) is 0 Å². The standard InChI is InChI=1S/C24H20FN3OS/c1-28-13-12-26-23(28)21(18-8-4-5-9-19(18)25)27-24(29)20-14-16-11-10-15-6-2-3-7-17(15)22(16)30-20/h2-9,12-14,21H,10-11H2,1H3,(H,27,29). The zero-order valence-electron chi connectivity index (χ0n) is 16.4. The Hall–Kier alpha value is -3.25. The van der Waals surface area contributed by atoms with Crippen LogP contribution in [-0.2, 0) is 19.9 Å². The van der Waals surface area contributed by atoms with Gasteiger partial charge < -0.3 is 9.88 Å². The highest BCUT2D eigenvalue weighted by atomic mass is 32.1. The van der Waals surface area contributed by atoms with Gasteiger partial charge in [-0.3, -0.25) is 4.79 Å². The van der Waals surface area contributed by atoms with Crippen LogP contribution in [0.25, 0.3) is 10.4 Å². The van der Waals surface area contributed by atoms with Crippen LogP contribution < -0.4 is 5.32 Å². The Labute approximate surface area is 178 Å². The van der Waals surface area contributed by atoms with Crippen molar-refractivity contribution in [2.45, 2.75) is 18.9 Å². The number of aryl methyl sites for hydroxylation is 3. The number of amides is 1. The van der Waals surface area contributed by atoms with E-state index in [2.05, 4.69) is 28.5 Å². The molecule has 1 aliphatic carbocycles. The summed E-state index contributed by atoms with van der Waals surface area (Å²) in [7, 11) is 1.84. The molecule has 1 atom stereocenters. The molecular formula is C24H20FN3OS. The number of rotatable bonds is 4. The summed E-state index contributed by atoms with van der Waals surface area (Å²) in [6.45, 7) is 0. The summed E-state index contributed by atoms with van der Waals surface area (Å²) >= 11 is 1.50. The van der Waals surface area contributed by atoms with Crippen LogP contribution in [0.3, 0.4) is 0 Å². The van der Waals surface area contributed by atoms with Crippen LogP contribution in [0.2, 0.25) is 0 Å². The number of aromatic nitrogens is 2. The van der Waals surface area contributed by atoms with Crippen molar-refractivity contribution in [3.8, 4) is 10.4 Å². The summed E-state index contributed by atoms with van der Waals surface area (Å²) in [6, 6.07) is 16.1. The summed E-state index contributed by atoms with van der Waals surface area (Å²) < 4.78 is 16.4. The number of benzene rings is 2. The van der Waals surface area contributed by atoms with E-state index in [1.807, 2.05) is 19.2 Å². The molecule has 2 heterocycles. The average Bonchev–Trinajstić information content (AvgIpc) is 3.39. The van der Waals surface area contributed by atoms with E-state index in [0.717, 1.165) is 17.7 Å². The maximum Gasteiger partial charge on any atom is 0.262 e. The summed E-state index contributed by atoms with van der Waals surface area (Å²) in [4.78, 5) is 19.4. The minimum absolute atomic E-state index is 0.219. The minimum atomic E-state index is -0.676. The Morgan fingerprint density at radius 2 is 1.90 bits per heavy atom. The molecule has 6 heteroatoms. The number of fused-ring (bicyclic) bond motifs is 3. The molecule has 5 rings (SSSR count). The van der Waals surface area contributed by atoms with Crippen molar-refractivity contribution >= 4 is 17.2 Å². The first-order valence-corrected chi connectivity index (χ1v) is 10.7. The molecule has 4 nitrogen and oxygen atoms in total. The lowest BCUT2D eigenvalue weighted by Crippen LogP contribution is -2.31. The average molecular weight is 418 g/mol. The maximum absolute atomic E-state index is 14.6. The zero-order valence-corrected chi connectivity index (χ0v) is 17.2. The van der Waals surface area contributed by atoms with Crippen molar-refractivity contribution in [2.24, 2.45) is 7.05 Å². The molecule has 0 aliphatic heterocycles. The van der Waals surface area contributed by atoms with E-state index in [1.165, 1.54) is 34.1 Å². The number of carbonyl (C=O) groups excluding carboxylic acids is 1. The molecule has 1 unspecified atom stereocenters. The van der Waals surface area contributed by atoms with Crippen molar-refractivity contribution in [1.82, 2.24) is 14.9 Å². The minimum Gasteiger partial charge on any atom is -0.337 e. The Morgan fingerprint density at radius 1 is 1.13 bits per heavy atom. The molecule has 1 N–H and O–H groups in total. The third kappa shape index (κ3) is 3.23. The number of nitrogens with zero attached hydrogens (tertiary/aromatic N) is 2. The molecule has 2 aromatic heterocycles.